The molecule has 0 aliphatic heterocycles. The summed E-state index contributed by atoms with van der Waals surface area (Å²) in [6, 6.07) is 20.8. The molecule has 1 fully saturated rings. The van der Waals surface area contributed by atoms with E-state index in [1.807, 2.05) is 0 Å². The summed E-state index contributed by atoms with van der Waals surface area (Å²) in [6.45, 7) is 34.3. The van der Waals surface area contributed by atoms with E-state index < -0.39 is 8.60 Å². The summed E-state index contributed by atoms with van der Waals surface area (Å²) in [5, 5.41) is 4.90. The molecule has 272 valence electrons. The van der Waals surface area contributed by atoms with Crippen LogP contribution >= 0.6 is 8.60 Å². The number of hydrogen-bond acceptors (Lipinski definition) is 3. The van der Waals surface area contributed by atoms with Crippen LogP contribution in [0.4, 0.5) is 0 Å². The SMILES string of the molecule is CC(C)(C)c1ccc2cc(OP(Oc3cc4c(C(C)(C)C)cc(C(C)(C)C)cc4cc3C(C)(C)C)OC3CCCCC3)c(C(C)(C)C)cc2c1. The molecule has 3 nitrogen and oxygen atoms in total. The Hall–Kier alpha value is -2.61. The summed E-state index contributed by atoms with van der Waals surface area (Å²) in [6.07, 6.45) is 5.83. The minimum absolute atomic E-state index is 0.0419. The van der Waals surface area contributed by atoms with E-state index >= 15 is 0 Å². The van der Waals surface area contributed by atoms with Crippen molar-refractivity contribution < 1.29 is 13.6 Å². The van der Waals surface area contributed by atoms with Gasteiger partial charge in [0.25, 0.3) is 0 Å². The second-order valence-corrected chi connectivity index (χ2v) is 21.0. The maximum absolute atomic E-state index is 7.12. The van der Waals surface area contributed by atoms with Crippen LogP contribution in [0.1, 0.15) is 164 Å². The van der Waals surface area contributed by atoms with Crippen LogP contribution in [0.2, 0.25) is 0 Å². The smallest absolute Gasteiger partial charge is 0.417 e. The Kier molecular flexibility index (Phi) is 10.6. The molecule has 0 saturated heterocycles. The highest BCUT2D eigenvalue weighted by molar-refractivity contribution is 7.42. The minimum Gasteiger partial charge on any atom is -0.417 e. The fourth-order valence-corrected chi connectivity index (χ4v) is 8.23. The van der Waals surface area contributed by atoms with Gasteiger partial charge in [-0.05, 0) is 102 Å². The summed E-state index contributed by atoms with van der Waals surface area (Å²) >= 11 is 0. The van der Waals surface area contributed by atoms with Crippen molar-refractivity contribution >= 4 is 30.1 Å². The minimum atomic E-state index is -1.76. The van der Waals surface area contributed by atoms with Crippen LogP contribution < -0.4 is 9.05 Å². The van der Waals surface area contributed by atoms with Crippen molar-refractivity contribution in [3.8, 4) is 11.5 Å². The largest absolute Gasteiger partial charge is 0.463 e. The molecule has 0 aromatic heterocycles. The van der Waals surface area contributed by atoms with Gasteiger partial charge < -0.3 is 9.05 Å². The van der Waals surface area contributed by atoms with E-state index in [-0.39, 0.29) is 33.2 Å². The summed E-state index contributed by atoms with van der Waals surface area (Å²) in [7, 11) is -1.76. The number of rotatable bonds is 6. The molecule has 50 heavy (non-hydrogen) atoms. The van der Waals surface area contributed by atoms with E-state index in [0.717, 1.165) is 24.3 Å². The van der Waals surface area contributed by atoms with Crippen molar-refractivity contribution in [2.75, 3.05) is 0 Å². The van der Waals surface area contributed by atoms with Gasteiger partial charge in [0.2, 0.25) is 0 Å². The van der Waals surface area contributed by atoms with Crippen molar-refractivity contribution in [3.63, 3.8) is 0 Å². The molecule has 1 saturated carbocycles. The van der Waals surface area contributed by atoms with Crippen LogP contribution in [0.25, 0.3) is 21.5 Å². The molecule has 5 rings (SSSR count). The molecular formula is C46H65O3P. The van der Waals surface area contributed by atoms with E-state index in [9.17, 15) is 0 Å². The van der Waals surface area contributed by atoms with Gasteiger partial charge in [-0.2, -0.15) is 0 Å². The molecule has 1 aliphatic rings. The molecule has 4 aromatic carbocycles. The average molecular weight is 697 g/mol. The second-order valence-electron chi connectivity index (χ2n) is 20.0. The topological polar surface area (TPSA) is 27.7 Å². The van der Waals surface area contributed by atoms with Crippen LogP contribution in [-0.2, 0) is 31.6 Å². The van der Waals surface area contributed by atoms with Gasteiger partial charge in [-0.3, -0.25) is 4.52 Å². The lowest BCUT2D eigenvalue weighted by molar-refractivity contribution is 0.138. The highest BCUT2D eigenvalue weighted by Gasteiger charge is 2.32. The maximum Gasteiger partial charge on any atom is 0.463 e. The fraction of sp³-hybridized carbons (Fsp3) is 0.565. The lowest BCUT2D eigenvalue weighted by atomic mass is 9.76. The quantitative estimate of drug-likeness (QED) is 0.188. The zero-order valence-electron chi connectivity index (χ0n) is 34.0. The lowest BCUT2D eigenvalue weighted by Crippen LogP contribution is -2.20. The number of benzene rings is 4. The van der Waals surface area contributed by atoms with Crippen molar-refractivity contribution in [1.82, 2.24) is 0 Å². The van der Waals surface area contributed by atoms with Crippen molar-refractivity contribution in [3.05, 3.63) is 82.4 Å². The molecule has 1 unspecified atom stereocenters. The van der Waals surface area contributed by atoms with Crippen molar-refractivity contribution in [1.29, 1.82) is 0 Å². The first-order chi connectivity index (χ1) is 22.9. The van der Waals surface area contributed by atoms with Gasteiger partial charge in [0.05, 0.1) is 6.10 Å². The third-order valence-electron chi connectivity index (χ3n) is 10.3. The summed E-state index contributed by atoms with van der Waals surface area (Å²) in [5.41, 5.74) is 6.14. The predicted molar refractivity (Wildman–Crippen MR) is 218 cm³/mol. The monoisotopic (exact) mass is 696 g/mol. The second kappa shape index (κ2) is 13.7. The highest BCUT2D eigenvalue weighted by Crippen LogP contribution is 2.51. The summed E-state index contributed by atoms with van der Waals surface area (Å²) in [5.74, 6) is 1.70. The molecule has 1 aliphatic carbocycles. The van der Waals surface area contributed by atoms with E-state index in [0.29, 0.717) is 0 Å². The molecule has 0 spiro atoms. The average Bonchev–Trinajstić information content (AvgIpc) is 2.97. The van der Waals surface area contributed by atoms with E-state index in [4.69, 9.17) is 13.6 Å². The van der Waals surface area contributed by atoms with Gasteiger partial charge in [-0.15, -0.1) is 0 Å². The van der Waals surface area contributed by atoms with Gasteiger partial charge in [0.15, 0.2) is 0 Å². The van der Waals surface area contributed by atoms with Crippen LogP contribution in [-0.4, -0.2) is 6.10 Å². The Labute approximate surface area is 305 Å². The van der Waals surface area contributed by atoms with Crippen LogP contribution in [0, 0.1) is 0 Å². The Morgan fingerprint density at radius 2 is 0.960 bits per heavy atom. The first kappa shape index (κ1) is 38.6. The van der Waals surface area contributed by atoms with E-state index in [1.54, 1.807) is 0 Å². The summed E-state index contributed by atoms with van der Waals surface area (Å²) in [4.78, 5) is 0. The number of fused-ring (bicyclic) bond motifs is 2. The van der Waals surface area contributed by atoms with Crippen LogP contribution in [0.5, 0.6) is 11.5 Å². The van der Waals surface area contributed by atoms with Crippen LogP contribution in [0.15, 0.2) is 54.6 Å². The number of hydrogen-bond donors (Lipinski definition) is 0. The first-order valence-electron chi connectivity index (χ1n) is 19.0. The summed E-state index contributed by atoms with van der Waals surface area (Å²) < 4.78 is 21.1. The van der Waals surface area contributed by atoms with Gasteiger partial charge >= 0.3 is 8.60 Å². The zero-order valence-corrected chi connectivity index (χ0v) is 34.9. The van der Waals surface area contributed by atoms with Gasteiger partial charge in [-0.25, -0.2) is 0 Å². The van der Waals surface area contributed by atoms with Crippen molar-refractivity contribution in [2.24, 2.45) is 0 Å². The molecule has 4 heteroatoms. The van der Waals surface area contributed by atoms with E-state index in [1.165, 1.54) is 68.6 Å². The molecule has 0 radical (unpaired) electrons. The fourth-order valence-electron chi connectivity index (χ4n) is 7.03. The zero-order chi connectivity index (χ0) is 37.0. The first-order valence-corrected chi connectivity index (χ1v) is 20.1. The molecule has 0 amide bonds. The molecule has 0 N–H and O–H groups in total. The molecule has 4 aromatic rings. The molecular weight excluding hydrogens is 631 g/mol. The third-order valence-corrected chi connectivity index (χ3v) is 11.4. The Balaban J connectivity index is 1.67. The van der Waals surface area contributed by atoms with Gasteiger partial charge in [0, 0.05) is 11.1 Å². The molecule has 1 atom stereocenters. The van der Waals surface area contributed by atoms with Gasteiger partial charge in [-0.1, -0.05) is 153 Å². The van der Waals surface area contributed by atoms with Crippen molar-refractivity contribution in [2.45, 2.75) is 169 Å². The molecule has 0 bridgehead atoms. The lowest BCUT2D eigenvalue weighted by Gasteiger charge is -2.31. The normalized spacial score (nSPS) is 16.2. The molecule has 0 heterocycles. The third kappa shape index (κ3) is 8.87. The van der Waals surface area contributed by atoms with Crippen LogP contribution in [0.3, 0.4) is 0 Å². The maximum atomic E-state index is 7.12. The van der Waals surface area contributed by atoms with E-state index in [2.05, 4.69) is 158 Å². The Morgan fingerprint density at radius 1 is 0.460 bits per heavy atom. The highest BCUT2D eigenvalue weighted by atomic mass is 31.2. The predicted octanol–water partition coefficient (Wildman–Crippen LogP) is 14.5. The standard InChI is InChI=1S/C46H65O3P/c1-42(2,3)33-22-21-30-27-40(38(45(10,11)12)25-31(30)23-33)48-50(47-35-19-17-16-18-20-35)49-41-29-36-32(26-39(41)46(13,14)15)24-34(43(4,5)6)28-37(36)44(7,8)9/h21-29,35H,16-20H2,1-15H3. The Bertz CT molecular complexity index is 1830. The van der Waals surface area contributed by atoms with Gasteiger partial charge in [0.1, 0.15) is 11.5 Å². The Morgan fingerprint density at radius 3 is 1.48 bits per heavy atom.